The number of benzene rings is 2. The molecule has 0 aliphatic rings. The molecule has 0 unspecified atom stereocenters. The van der Waals surface area contributed by atoms with E-state index >= 15 is 0 Å². The average molecular weight is 271 g/mol. The largest absolute Gasteiger partial charge is 0.392 e. The lowest BCUT2D eigenvalue weighted by Crippen LogP contribution is -2.40. The first-order valence-electron chi connectivity index (χ1n) is 6.41. The maximum Gasteiger partial charge on any atom is 0.274 e. The highest BCUT2D eigenvalue weighted by molar-refractivity contribution is 8.28. The van der Waals surface area contributed by atoms with Crippen molar-refractivity contribution < 1.29 is 5.11 Å². The SMILES string of the molecule is NCCSB(c1ccccc1)c1ccc(CO)cc1. The van der Waals surface area contributed by atoms with E-state index in [1.165, 1.54) is 10.9 Å². The maximum absolute atomic E-state index is 9.10. The molecule has 4 heteroatoms. The molecule has 0 atom stereocenters. The van der Waals surface area contributed by atoms with Gasteiger partial charge in [0.25, 0.3) is 5.99 Å². The number of hydrogen-bond donors (Lipinski definition) is 2. The van der Waals surface area contributed by atoms with Gasteiger partial charge in [-0.2, -0.15) is 11.6 Å². The molecule has 0 aliphatic heterocycles. The fourth-order valence-electron chi connectivity index (χ4n) is 2.00. The van der Waals surface area contributed by atoms with Gasteiger partial charge in [-0.3, -0.25) is 0 Å². The Hall–Kier alpha value is -1.23. The summed E-state index contributed by atoms with van der Waals surface area (Å²) in [5.41, 5.74) is 9.11. The van der Waals surface area contributed by atoms with Crippen LogP contribution in [0.2, 0.25) is 0 Å². The quantitative estimate of drug-likeness (QED) is 0.770. The Labute approximate surface area is 119 Å². The summed E-state index contributed by atoms with van der Waals surface area (Å²) in [6.07, 6.45) is 0. The lowest BCUT2D eigenvalue weighted by atomic mass is 9.62. The van der Waals surface area contributed by atoms with Gasteiger partial charge in [0.1, 0.15) is 0 Å². The van der Waals surface area contributed by atoms with Crippen LogP contribution in [0.25, 0.3) is 0 Å². The van der Waals surface area contributed by atoms with Crippen molar-refractivity contribution in [1.82, 2.24) is 0 Å². The molecule has 2 aromatic carbocycles. The molecule has 3 N–H and O–H groups in total. The molecule has 2 rings (SSSR count). The molecule has 2 nitrogen and oxygen atoms in total. The van der Waals surface area contributed by atoms with E-state index in [1.54, 1.807) is 0 Å². The second-order valence-electron chi connectivity index (χ2n) is 4.35. The van der Waals surface area contributed by atoms with E-state index in [0.29, 0.717) is 12.5 Å². The van der Waals surface area contributed by atoms with Gasteiger partial charge in [0, 0.05) is 6.54 Å². The number of aliphatic hydroxyl groups excluding tert-OH is 1. The number of rotatable bonds is 6. The van der Waals surface area contributed by atoms with E-state index in [4.69, 9.17) is 10.8 Å². The van der Waals surface area contributed by atoms with Crippen LogP contribution in [0.15, 0.2) is 54.6 Å². The first kappa shape index (κ1) is 14.2. The summed E-state index contributed by atoms with van der Waals surface area (Å²) in [6.45, 7) is 0.773. The van der Waals surface area contributed by atoms with Crippen LogP contribution in [0.1, 0.15) is 5.56 Å². The van der Waals surface area contributed by atoms with Gasteiger partial charge in [0.2, 0.25) is 0 Å². The van der Waals surface area contributed by atoms with Crippen molar-refractivity contribution in [3.63, 3.8) is 0 Å². The monoisotopic (exact) mass is 271 g/mol. The predicted octanol–water partition coefficient (Wildman–Crippen LogP) is 0.976. The van der Waals surface area contributed by atoms with Crippen LogP contribution >= 0.6 is 11.6 Å². The topological polar surface area (TPSA) is 46.2 Å². The van der Waals surface area contributed by atoms with Crippen LogP contribution in [0.3, 0.4) is 0 Å². The Kier molecular flexibility index (Phi) is 5.52. The minimum atomic E-state index is 0.0895. The van der Waals surface area contributed by atoms with Crippen LogP contribution in [0.5, 0.6) is 0 Å². The Morgan fingerprint density at radius 3 is 2.16 bits per heavy atom. The summed E-state index contributed by atoms with van der Waals surface area (Å²) in [5.74, 6) is 1.24. The highest BCUT2D eigenvalue weighted by atomic mass is 32.2. The third kappa shape index (κ3) is 3.87. The lowest BCUT2D eigenvalue weighted by Gasteiger charge is -2.14. The molecular formula is C15H18BNOS. The molecule has 0 heterocycles. The summed E-state index contributed by atoms with van der Waals surface area (Å²) in [7, 11) is 0. The Balaban J connectivity index is 2.26. The molecule has 0 radical (unpaired) electrons. The van der Waals surface area contributed by atoms with Crippen LogP contribution in [0, 0.1) is 0 Å². The molecule has 0 saturated carbocycles. The molecule has 2 aromatic rings. The molecule has 0 spiro atoms. The zero-order valence-corrected chi connectivity index (χ0v) is 11.6. The van der Waals surface area contributed by atoms with E-state index in [0.717, 1.165) is 11.3 Å². The Morgan fingerprint density at radius 2 is 1.58 bits per heavy atom. The third-order valence-electron chi connectivity index (χ3n) is 2.97. The zero-order chi connectivity index (χ0) is 13.5. The second-order valence-corrected chi connectivity index (χ2v) is 5.56. The van der Waals surface area contributed by atoms with E-state index in [2.05, 4.69) is 36.4 Å². The molecular weight excluding hydrogens is 253 g/mol. The van der Waals surface area contributed by atoms with Crippen molar-refractivity contribution in [3.8, 4) is 0 Å². The summed E-state index contributed by atoms with van der Waals surface area (Å²) < 4.78 is 0. The van der Waals surface area contributed by atoms with Crippen molar-refractivity contribution >= 4 is 28.5 Å². The lowest BCUT2D eigenvalue weighted by molar-refractivity contribution is 0.282. The molecule has 0 bridgehead atoms. The second kappa shape index (κ2) is 7.39. The molecule has 0 saturated heterocycles. The summed E-state index contributed by atoms with van der Waals surface area (Å²) in [4.78, 5) is 0. The van der Waals surface area contributed by atoms with Crippen LogP contribution in [-0.4, -0.2) is 23.4 Å². The van der Waals surface area contributed by atoms with Crippen molar-refractivity contribution in [2.45, 2.75) is 6.61 Å². The Bertz CT molecular complexity index is 489. The van der Waals surface area contributed by atoms with Gasteiger partial charge in [-0.05, 0) is 11.3 Å². The summed E-state index contributed by atoms with van der Waals surface area (Å²) in [5, 5.41) is 9.10. The van der Waals surface area contributed by atoms with Crippen molar-refractivity contribution in [1.29, 1.82) is 0 Å². The van der Waals surface area contributed by atoms with E-state index < -0.39 is 0 Å². The predicted molar refractivity (Wildman–Crippen MR) is 85.3 cm³/mol. The molecule has 0 fully saturated rings. The maximum atomic E-state index is 9.10. The average Bonchev–Trinajstić information content (AvgIpc) is 2.49. The first-order valence-corrected chi connectivity index (χ1v) is 7.46. The van der Waals surface area contributed by atoms with Crippen molar-refractivity contribution in [2.24, 2.45) is 5.73 Å². The third-order valence-corrected chi connectivity index (χ3v) is 4.32. The minimum absolute atomic E-state index is 0.0895. The molecule has 0 amide bonds. The van der Waals surface area contributed by atoms with Gasteiger partial charge in [-0.15, -0.1) is 0 Å². The van der Waals surface area contributed by atoms with E-state index in [9.17, 15) is 0 Å². The molecule has 19 heavy (non-hydrogen) atoms. The Morgan fingerprint density at radius 1 is 0.947 bits per heavy atom. The van der Waals surface area contributed by atoms with Crippen molar-refractivity contribution in [2.75, 3.05) is 12.3 Å². The fraction of sp³-hybridized carbons (Fsp3) is 0.200. The zero-order valence-electron chi connectivity index (χ0n) is 10.8. The normalized spacial score (nSPS) is 10.4. The fourth-order valence-corrected chi connectivity index (χ4v) is 3.07. The molecule has 0 aromatic heterocycles. The number of hydrogen-bond acceptors (Lipinski definition) is 3. The standard InChI is InChI=1S/C15H18BNOS/c17-10-11-19-16(14-4-2-1-3-5-14)15-8-6-13(12-18)7-9-15/h1-9,18H,10-12,17H2. The van der Waals surface area contributed by atoms with Gasteiger partial charge in [0.05, 0.1) is 6.61 Å². The molecule has 0 aliphatic carbocycles. The first-order chi connectivity index (χ1) is 9.35. The van der Waals surface area contributed by atoms with Gasteiger partial charge >= 0.3 is 0 Å². The number of aliphatic hydroxyl groups is 1. The summed E-state index contributed by atoms with van der Waals surface area (Å²) >= 11 is 1.85. The summed E-state index contributed by atoms with van der Waals surface area (Å²) in [6, 6.07) is 18.6. The van der Waals surface area contributed by atoms with Gasteiger partial charge in [0.15, 0.2) is 0 Å². The van der Waals surface area contributed by atoms with E-state index in [-0.39, 0.29) is 6.61 Å². The van der Waals surface area contributed by atoms with Crippen molar-refractivity contribution in [3.05, 3.63) is 60.2 Å². The highest BCUT2D eigenvalue weighted by Crippen LogP contribution is 2.08. The highest BCUT2D eigenvalue weighted by Gasteiger charge is 2.19. The smallest absolute Gasteiger partial charge is 0.274 e. The van der Waals surface area contributed by atoms with Crippen LogP contribution in [-0.2, 0) is 6.61 Å². The van der Waals surface area contributed by atoms with Crippen LogP contribution in [0.4, 0.5) is 0 Å². The van der Waals surface area contributed by atoms with Crippen LogP contribution < -0.4 is 16.7 Å². The van der Waals surface area contributed by atoms with Gasteiger partial charge in [-0.1, -0.05) is 65.5 Å². The van der Waals surface area contributed by atoms with Gasteiger partial charge < -0.3 is 10.8 Å². The van der Waals surface area contributed by atoms with Gasteiger partial charge in [-0.25, -0.2) is 0 Å². The van der Waals surface area contributed by atoms with E-state index in [1.807, 2.05) is 29.8 Å². The minimum Gasteiger partial charge on any atom is -0.392 e. The number of nitrogens with two attached hydrogens (primary N) is 1. The molecule has 98 valence electrons.